The Kier molecular flexibility index (Phi) is 32.2. The monoisotopic (exact) mass is 1760 g/mol. The van der Waals surface area contributed by atoms with E-state index in [-0.39, 0.29) is 64.6 Å². The van der Waals surface area contributed by atoms with Gasteiger partial charge < -0.3 is 60.5 Å². The summed E-state index contributed by atoms with van der Waals surface area (Å²) >= 11 is 24.7. The van der Waals surface area contributed by atoms with Crippen molar-refractivity contribution in [1.82, 2.24) is 39.0 Å². The van der Waals surface area contributed by atoms with Gasteiger partial charge in [0.1, 0.15) is 23.0 Å². The number of nitrogens with zero attached hydrogens (tertiary/aromatic N) is 7. The summed E-state index contributed by atoms with van der Waals surface area (Å²) in [4.78, 5) is 38.1. The Labute approximate surface area is 750 Å². The number of rotatable bonds is 20. The van der Waals surface area contributed by atoms with Crippen molar-refractivity contribution in [2.75, 3.05) is 98.7 Å². The molecular formula is C101H125Cl4N9O8S. The van der Waals surface area contributed by atoms with Crippen LogP contribution in [0.2, 0.25) is 20.1 Å². The lowest BCUT2D eigenvalue weighted by molar-refractivity contribution is -0.133. The van der Waals surface area contributed by atoms with Crippen molar-refractivity contribution in [3.63, 3.8) is 0 Å². The molecule has 6 N–H and O–H groups in total. The van der Waals surface area contributed by atoms with E-state index in [1.165, 1.54) is 94.9 Å². The van der Waals surface area contributed by atoms with E-state index >= 15 is 0 Å². The second kappa shape index (κ2) is 42.9. The lowest BCUT2D eigenvalue weighted by Gasteiger charge is -2.37. The summed E-state index contributed by atoms with van der Waals surface area (Å²) in [5.74, 6) is 2.27. The first kappa shape index (κ1) is 92.5. The largest absolute Gasteiger partial charge is 0.506 e. The van der Waals surface area contributed by atoms with Crippen LogP contribution in [0.25, 0.3) is 0 Å². The van der Waals surface area contributed by atoms with Gasteiger partial charge in [-0.15, -0.1) is 0 Å². The van der Waals surface area contributed by atoms with E-state index in [1.54, 1.807) is 17.3 Å². The fourth-order valence-electron chi connectivity index (χ4n) is 18.8. The number of urea groups is 1. The summed E-state index contributed by atoms with van der Waals surface area (Å²) in [5, 5.41) is 49.3. The molecule has 9 aromatic carbocycles. The SMILES string of the molecule is CC(=O)N(Cc1ccc([C@H]2CN(C)CCc3cc(Cl)c(O)cc32)cc1)C1CCC1.CCCN(Cc1ccc([C@H]2CN(C)CCc3cc(Cl)c(O)cc32)cc1)C(=O)Nc1ccccc1.CN1CCc2cc(Cl)c(O)cc2[C@@H](c2ccc(CN(C3CCC3)S(C)(=O)=O)cc2)C1.C[C@@H](NCc1ccc([C@H]2CN(C)CCc3cc(Cl)c(O)cc32)cc1)C1CCCCC1. The summed E-state index contributed by atoms with van der Waals surface area (Å²) < 4.78 is 26.1. The summed E-state index contributed by atoms with van der Waals surface area (Å²) in [7, 11) is 5.32. The van der Waals surface area contributed by atoms with Crippen molar-refractivity contribution in [3.05, 3.63) is 285 Å². The number of para-hydroxylation sites is 1. The molecular weight excluding hydrogens is 1640 g/mol. The van der Waals surface area contributed by atoms with E-state index in [2.05, 4.69) is 157 Å². The summed E-state index contributed by atoms with van der Waals surface area (Å²) in [6, 6.07) is 60.0. The second-order valence-corrected chi connectivity index (χ2v) is 39.2. The van der Waals surface area contributed by atoms with Crippen LogP contribution in [-0.4, -0.2) is 186 Å². The minimum absolute atomic E-state index is 0.0937. The summed E-state index contributed by atoms with van der Waals surface area (Å²) in [6.07, 6.45) is 19.3. The van der Waals surface area contributed by atoms with Crippen molar-refractivity contribution in [3.8, 4) is 23.0 Å². The predicted molar refractivity (Wildman–Crippen MR) is 501 cm³/mol. The Morgan fingerprint density at radius 1 is 0.455 bits per heavy atom. The number of hydrogen-bond acceptors (Lipinski definition) is 13. The summed E-state index contributed by atoms with van der Waals surface area (Å²) in [5.41, 5.74) is 19.7. The Balaban J connectivity index is 0.000000141. The molecule has 4 aliphatic heterocycles. The van der Waals surface area contributed by atoms with Crippen molar-refractivity contribution < 1.29 is 38.4 Å². The molecule has 17 nitrogen and oxygen atoms in total. The number of likely N-dealkylation sites (N-methyl/N-ethyl adjacent to an activating group) is 4. The van der Waals surface area contributed by atoms with Crippen LogP contribution in [0.3, 0.4) is 0 Å². The number of carbonyl (C=O) groups is 2. The fourth-order valence-corrected chi connectivity index (χ4v) is 20.7. The third-order valence-corrected chi connectivity index (χ3v) is 29.1. The molecule has 656 valence electrons. The van der Waals surface area contributed by atoms with Crippen LogP contribution in [0.15, 0.2) is 176 Å². The van der Waals surface area contributed by atoms with E-state index < -0.39 is 10.0 Å². The molecule has 9 aromatic rings. The van der Waals surface area contributed by atoms with Gasteiger partial charge in [-0.25, -0.2) is 13.2 Å². The van der Waals surface area contributed by atoms with Gasteiger partial charge in [-0.2, -0.15) is 4.31 Å². The van der Waals surface area contributed by atoms with E-state index in [9.17, 15) is 38.4 Å². The Morgan fingerprint density at radius 2 is 0.805 bits per heavy atom. The minimum Gasteiger partial charge on any atom is -0.506 e. The molecule has 0 spiro atoms. The van der Waals surface area contributed by atoms with Crippen molar-refractivity contribution in [1.29, 1.82) is 0 Å². The minimum atomic E-state index is -3.23. The van der Waals surface area contributed by atoms with Crippen LogP contribution in [0.5, 0.6) is 23.0 Å². The third-order valence-electron chi connectivity index (χ3n) is 26.6. The second-order valence-electron chi connectivity index (χ2n) is 35.6. The molecule has 0 radical (unpaired) electrons. The molecule has 22 heteroatoms. The highest BCUT2D eigenvalue weighted by Gasteiger charge is 2.34. The number of aromatic hydroxyl groups is 4. The van der Waals surface area contributed by atoms with Gasteiger partial charge in [0.05, 0.1) is 26.3 Å². The number of amides is 3. The van der Waals surface area contributed by atoms with Gasteiger partial charge in [-0.1, -0.05) is 194 Å². The summed E-state index contributed by atoms with van der Waals surface area (Å²) in [6.45, 7) is 16.8. The van der Waals surface area contributed by atoms with Gasteiger partial charge in [0.15, 0.2) is 0 Å². The number of nitrogens with one attached hydrogen (secondary N) is 2. The number of fused-ring (bicyclic) bond motifs is 4. The van der Waals surface area contributed by atoms with E-state index in [1.807, 2.05) is 94.7 Å². The third kappa shape index (κ3) is 24.3. The first-order valence-electron chi connectivity index (χ1n) is 44.3. The molecule has 3 aliphatic carbocycles. The molecule has 3 amide bonds. The van der Waals surface area contributed by atoms with E-state index in [4.69, 9.17) is 46.4 Å². The Bertz CT molecular complexity index is 5150. The highest BCUT2D eigenvalue weighted by Crippen LogP contribution is 2.43. The standard InChI is InChI=1S/C28H32ClN3O2.C26H35ClN2O.C24H29ClN2O2.C23H29ClN2O3S/c1-3-14-32(28(34)30-23-7-5-4-6-8-23)18-20-9-11-21(12-10-20)25-19-31(2)15-13-22-16-26(29)27(33)17-24(22)25;1-18(20-6-4-3-5-7-20)28-16-19-8-10-21(11-9-19)24-17-29(2)13-12-22-14-25(27)26(30)15-23(22)24;1-16(28)27(20-4-3-5-20)14-17-6-8-18(9-7-17)22-15-26(2)11-10-19-12-23(25)24(29)13-21(19)22;1-25-11-10-18-12-22(24)23(27)13-20(18)21(15-25)17-8-6-16(7-9-17)14-26(30(2,28)29)19-4-3-5-19/h4-12,16-17,25,33H,3,13-15,18-19H2,1-2H3,(H,30,34);8-11,14-15,18,20,24,28,30H,3-7,12-13,16-17H2,1-2H3;6-9,12-13,20,22,29H,3-5,10-11,14-15H2,1-2H3;6-9,12-13,19,21,27H,3-5,10-11,14-15H2,1-2H3/t25-;18-,24-;22-;21-/m1111/s1. The molecule has 5 atom stereocenters. The molecule has 16 rings (SSSR count). The van der Waals surface area contributed by atoms with Gasteiger partial charge in [0.2, 0.25) is 15.9 Å². The van der Waals surface area contributed by atoms with Crippen LogP contribution in [0.1, 0.15) is 211 Å². The van der Waals surface area contributed by atoms with Gasteiger partial charge in [0, 0.05) is 139 Å². The molecule has 7 aliphatic rings. The average Bonchev–Trinajstić information content (AvgIpc) is 1.76. The topological polar surface area (TPSA) is 196 Å². The van der Waals surface area contributed by atoms with Gasteiger partial charge in [0.25, 0.3) is 0 Å². The van der Waals surface area contributed by atoms with Crippen molar-refractivity contribution in [2.24, 2.45) is 5.92 Å². The number of hydrogen-bond donors (Lipinski definition) is 6. The first-order chi connectivity index (χ1) is 59.1. The highest BCUT2D eigenvalue weighted by atomic mass is 35.5. The van der Waals surface area contributed by atoms with Crippen molar-refractivity contribution in [2.45, 2.75) is 191 Å². The van der Waals surface area contributed by atoms with Crippen LogP contribution in [0.4, 0.5) is 10.5 Å². The molecule has 123 heavy (non-hydrogen) atoms. The van der Waals surface area contributed by atoms with Gasteiger partial charge in [-0.3, -0.25) is 4.79 Å². The Hall–Kier alpha value is -8.21. The quantitative estimate of drug-likeness (QED) is 0.0422. The van der Waals surface area contributed by atoms with Crippen LogP contribution in [0, 0.1) is 5.92 Å². The number of halogens is 4. The smallest absolute Gasteiger partial charge is 0.322 e. The fraction of sp³-hybridized carbons (Fsp3) is 0.446. The normalized spacial score (nSPS) is 19.4. The molecule has 3 saturated carbocycles. The first-order valence-corrected chi connectivity index (χ1v) is 47.7. The number of benzene rings is 9. The zero-order valence-corrected chi connectivity index (χ0v) is 76.7. The number of carbonyl (C=O) groups excluding carboxylic acids is 2. The van der Waals surface area contributed by atoms with Crippen LogP contribution < -0.4 is 10.6 Å². The lowest BCUT2D eigenvalue weighted by atomic mass is 9.84. The van der Waals surface area contributed by atoms with E-state index in [0.717, 1.165) is 174 Å². The maximum absolute atomic E-state index is 12.9. The van der Waals surface area contributed by atoms with Gasteiger partial charge in [-0.05, 0) is 268 Å². The Morgan fingerprint density at radius 3 is 1.14 bits per heavy atom. The van der Waals surface area contributed by atoms with Crippen molar-refractivity contribution >= 4 is 74.1 Å². The maximum Gasteiger partial charge on any atom is 0.322 e. The molecule has 0 saturated heterocycles. The number of sulfonamides is 1. The maximum atomic E-state index is 12.9. The molecule has 4 heterocycles. The van der Waals surface area contributed by atoms with Crippen LogP contribution >= 0.6 is 46.4 Å². The molecule has 0 aromatic heterocycles. The lowest BCUT2D eigenvalue weighted by Crippen LogP contribution is -2.43. The zero-order chi connectivity index (χ0) is 87.2. The van der Waals surface area contributed by atoms with Gasteiger partial charge >= 0.3 is 6.03 Å². The highest BCUT2D eigenvalue weighted by molar-refractivity contribution is 7.88. The molecule has 0 unspecified atom stereocenters. The molecule has 3 fully saturated rings. The van der Waals surface area contributed by atoms with E-state index in [0.29, 0.717) is 58.4 Å². The molecule has 0 bridgehead atoms. The number of phenolic OH excluding ortho intramolecular Hbond substituents is 4. The van der Waals surface area contributed by atoms with Crippen LogP contribution in [-0.2, 0) is 66.7 Å². The zero-order valence-electron chi connectivity index (χ0n) is 72.8. The number of phenols is 4. The average molecular weight is 1770 g/mol. The predicted octanol–water partition coefficient (Wildman–Crippen LogP) is 20.4. The number of anilines is 1.